The molecule has 0 saturated heterocycles. The minimum absolute atomic E-state index is 0.0952. The molecule has 0 atom stereocenters. The maximum Gasteiger partial charge on any atom is 0.317 e. The number of rotatable bonds is 9. The van der Waals surface area contributed by atoms with Crippen LogP contribution in [0, 0.1) is 5.82 Å². The number of carboxylic acid groups (broad SMARTS) is 1. The monoisotopic (exact) mass is 324 g/mol. The summed E-state index contributed by atoms with van der Waals surface area (Å²) in [5.41, 5.74) is 0.882. The van der Waals surface area contributed by atoms with Gasteiger partial charge in [-0.05, 0) is 44.0 Å². The summed E-state index contributed by atoms with van der Waals surface area (Å²) in [6.45, 7) is 5.69. The van der Waals surface area contributed by atoms with Gasteiger partial charge in [0.05, 0.1) is 13.2 Å². The molecule has 23 heavy (non-hydrogen) atoms. The Morgan fingerprint density at radius 3 is 2.74 bits per heavy atom. The minimum atomic E-state index is -0.784. The maximum absolute atomic E-state index is 13.8. The number of hydrogen-bond acceptors (Lipinski definition) is 4. The molecule has 6 heteroatoms. The molecular formula is C17H25FN2O3. The second kappa shape index (κ2) is 8.26. The molecule has 1 aromatic rings. The zero-order chi connectivity index (χ0) is 16.8. The number of hydrogen-bond donors (Lipinski definition) is 2. The highest BCUT2D eigenvalue weighted by atomic mass is 19.1. The van der Waals surface area contributed by atoms with Gasteiger partial charge in [0.1, 0.15) is 0 Å². The number of benzene rings is 1. The summed E-state index contributed by atoms with van der Waals surface area (Å²) < 4.78 is 19.0. The molecule has 1 aromatic carbocycles. The van der Waals surface area contributed by atoms with Gasteiger partial charge in [-0.2, -0.15) is 0 Å². The van der Waals surface area contributed by atoms with Crippen molar-refractivity contribution < 1.29 is 19.0 Å². The van der Waals surface area contributed by atoms with Gasteiger partial charge in [-0.15, -0.1) is 0 Å². The molecule has 0 bridgehead atoms. The van der Waals surface area contributed by atoms with Gasteiger partial charge in [0, 0.05) is 18.6 Å². The van der Waals surface area contributed by atoms with Crippen LogP contribution in [0.5, 0.6) is 5.75 Å². The average Bonchev–Trinajstić information content (AvgIpc) is 2.46. The predicted octanol–water partition coefficient (Wildman–Crippen LogP) is 2.25. The molecule has 0 aromatic heterocycles. The molecule has 0 unspecified atom stereocenters. The fraction of sp³-hybridized carbons (Fsp3) is 0.588. The molecule has 1 aliphatic carbocycles. The number of nitrogens with zero attached hydrogens (tertiary/aromatic N) is 1. The van der Waals surface area contributed by atoms with E-state index in [0.717, 1.165) is 24.9 Å². The lowest BCUT2D eigenvalue weighted by molar-refractivity contribution is -0.139. The molecule has 1 saturated carbocycles. The van der Waals surface area contributed by atoms with Gasteiger partial charge in [-0.1, -0.05) is 13.0 Å². The summed E-state index contributed by atoms with van der Waals surface area (Å²) >= 11 is 0. The third-order valence-electron chi connectivity index (χ3n) is 4.27. The van der Waals surface area contributed by atoms with E-state index in [-0.39, 0.29) is 18.1 Å². The van der Waals surface area contributed by atoms with Crippen LogP contribution in [0.4, 0.5) is 4.39 Å². The molecule has 2 N–H and O–H groups in total. The van der Waals surface area contributed by atoms with Crippen molar-refractivity contribution in [3.63, 3.8) is 0 Å². The normalized spacial score (nSPS) is 20.3. The van der Waals surface area contributed by atoms with Gasteiger partial charge >= 0.3 is 5.97 Å². The quantitative estimate of drug-likeness (QED) is 0.729. The van der Waals surface area contributed by atoms with Crippen molar-refractivity contribution in [3.05, 3.63) is 29.6 Å². The third-order valence-corrected chi connectivity index (χ3v) is 4.27. The van der Waals surface area contributed by atoms with E-state index in [9.17, 15) is 9.18 Å². The van der Waals surface area contributed by atoms with E-state index in [1.807, 2.05) is 24.8 Å². The Labute approximate surface area is 136 Å². The highest BCUT2D eigenvalue weighted by molar-refractivity contribution is 5.69. The van der Waals surface area contributed by atoms with Gasteiger partial charge < -0.3 is 15.2 Å². The molecule has 5 nitrogen and oxygen atoms in total. The zero-order valence-corrected chi connectivity index (χ0v) is 13.7. The molecule has 128 valence electrons. The third kappa shape index (κ3) is 4.91. The zero-order valence-electron chi connectivity index (χ0n) is 13.7. The topological polar surface area (TPSA) is 61.8 Å². The molecular weight excluding hydrogens is 299 g/mol. The smallest absolute Gasteiger partial charge is 0.317 e. The standard InChI is InChI=1S/C17H25FN2O3/c1-3-20(11-17(21)22)14-8-13(9-14)19-10-12-5-6-16(23-4-2)15(18)7-12/h5-7,13-14,19H,3-4,8-11H2,1-2H3,(H,21,22). The SMILES string of the molecule is CCOc1ccc(CNC2CC(N(CC)CC(=O)O)C2)cc1F. The van der Waals surface area contributed by atoms with Crippen molar-refractivity contribution in [1.29, 1.82) is 0 Å². The van der Waals surface area contributed by atoms with Crippen LogP contribution >= 0.6 is 0 Å². The van der Waals surface area contributed by atoms with E-state index in [1.165, 1.54) is 6.07 Å². The van der Waals surface area contributed by atoms with Crippen molar-refractivity contribution in [2.45, 2.75) is 45.3 Å². The van der Waals surface area contributed by atoms with E-state index in [0.29, 0.717) is 25.2 Å². The maximum atomic E-state index is 13.8. The molecule has 0 aliphatic heterocycles. The van der Waals surface area contributed by atoms with Crippen LogP contribution < -0.4 is 10.1 Å². The molecule has 0 amide bonds. The van der Waals surface area contributed by atoms with Crippen LogP contribution in [0.3, 0.4) is 0 Å². The van der Waals surface area contributed by atoms with E-state index in [1.54, 1.807) is 6.07 Å². The lowest BCUT2D eigenvalue weighted by atomic mass is 9.85. The van der Waals surface area contributed by atoms with Gasteiger partial charge in [0.2, 0.25) is 0 Å². The number of carbonyl (C=O) groups is 1. The second-order valence-corrected chi connectivity index (χ2v) is 5.86. The van der Waals surface area contributed by atoms with Gasteiger partial charge in [-0.3, -0.25) is 9.69 Å². The number of aliphatic carboxylic acids is 1. The Hall–Kier alpha value is -1.66. The van der Waals surface area contributed by atoms with Crippen molar-refractivity contribution >= 4 is 5.97 Å². The summed E-state index contributed by atoms with van der Waals surface area (Å²) in [6, 6.07) is 5.70. The minimum Gasteiger partial charge on any atom is -0.491 e. The van der Waals surface area contributed by atoms with Crippen LogP contribution in [0.1, 0.15) is 32.3 Å². The summed E-state index contributed by atoms with van der Waals surface area (Å²) in [5.74, 6) is -0.836. The first-order valence-corrected chi connectivity index (χ1v) is 8.13. The van der Waals surface area contributed by atoms with Crippen molar-refractivity contribution in [2.24, 2.45) is 0 Å². The van der Waals surface area contributed by atoms with Crippen molar-refractivity contribution in [1.82, 2.24) is 10.2 Å². The molecule has 1 fully saturated rings. The summed E-state index contributed by atoms with van der Waals surface area (Å²) in [6.07, 6.45) is 1.86. The molecule has 2 rings (SSSR count). The van der Waals surface area contributed by atoms with E-state index >= 15 is 0 Å². The van der Waals surface area contributed by atoms with Gasteiger partial charge in [0.15, 0.2) is 11.6 Å². The van der Waals surface area contributed by atoms with Crippen LogP contribution in [0.15, 0.2) is 18.2 Å². The number of ether oxygens (including phenoxy) is 1. The number of likely N-dealkylation sites (N-methyl/N-ethyl adjacent to an activating group) is 1. The van der Waals surface area contributed by atoms with Crippen LogP contribution in [-0.4, -0.2) is 47.8 Å². The van der Waals surface area contributed by atoms with E-state index < -0.39 is 5.97 Å². The Morgan fingerprint density at radius 1 is 1.43 bits per heavy atom. The van der Waals surface area contributed by atoms with Crippen molar-refractivity contribution in [3.8, 4) is 5.75 Å². The first-order chi connectivity index (χ1) is 11.0. The fourth-order valence-corrected chi connectivity index (χ4v) is 2.91. The number of carboxylic acids is 1. The average molecular weight is 324 g/mol. The molecule has 0 spiro atoms. The first kappa shape index (κ1) is 17.7. The van der Waals surface area contributed by atoms with Gasteiger partial charge in [-0.25, -0.2) is 4.39 Å². The molecule has 0 heterocycles. The summed E-state index contributed by atoms with van der Waals surface area (Å²) in [4.78, 5) is 12.8. The van der Waals surface area contributed by atoms with E-state index in [2.05, 4.69) is 5.32 Å². The first-order valence-electron chi connectivity index (χ1n) is 8.13. The fourth-order valence-electron chi connectivity index (χ4n) is 2.91. The van der Waals surface area contributed by atoms with Crippen molar-refractivity contribution in [2.75, 3.05) is 19.7 Å². The van der Waals surface area contributed by atoms with Crippen LogP contribution in [0.25, 0.3) is 0 Å². The Kier molecular flexibility index (Phi) is 6.36. The molecule has 0 radical (unpaired) electrons. The predicted molar refractivity (Wildman–Crippen MR) is 86.1 cm³/mol. The number of halogens is 1. The molecule has 1 aliphatic rings. The Balaban J connectivity index is 1.76. The highest BCUT2D eigenvalue weighted by Crippen LogP contribution is 2.26. The summed E-state index contributed by atoms with van der Waals surface area (Å²) in [5, 5.41) is 12.3. The van der Waals surface area contributed by atoms with Crippen LogP contribution in [0.2, 0.25) is 0 Å². The van der Waals surface area contributed by atoms with E-state index in [4.69, 9.17) is 9.84 Å². The number of nitrogens with one attached hydrogen (secondary N) is 1. The Morgan fingerprint density at radius 2 is 2.17 bits per heavy atom. The van der Waals surface area contributed by atoms with Crippen LogP contribution in [-0.2, 0) is 11.3 Å². The highest BCUT2D eigenvalue weighted by Gasteiger charge is 2.33. The van der Waals surface area contributed by atoms with Gasteiger partial charge in [0.25, 0.3) is 0 Å². The summed E-state index contributed by atoms with van der Waals surface area (Å²) in [7, 11) is 0. The lowest BCUT2D eigenvalue weighted by Gasteiger charge is -2.42. The lowest BCUT2D eigenvalue weighted by Crippen LogP contribution is -2.53. The largest absolute Gasteiger partial charge is 0.491 e. The Bertz CT molecular complexity index is 533. The second-order valence-electron chi connectivity index (χ2n) is 5.86.